The summed E-state index contributed by atoms with van der Waals surface area (Å²) in [7, 11) is -2.70. The van der Waals surface area contributed by atoms with E-state index >= 15 is 0 Å². The number of sulfonamides is 1. The number of nitrogens with two attached hydrogens (primary N) is 1. The van der Waals surface area contributed by atoms with Crippen LogP contribution in [-0.4, -0.2) is 21.5 Å². The summed E-state index contributed by atoms with van der Waals surface area (Å²) >= 11 is 0. The van der Waals surface area contributed by atoms with E-state index in [1.807, 2.05) is 37.3 Å². The molecule has 7 nitrogen and oxygen atoms in total. The maximum Gasteiger partial charge on any atom is 0.340 e. The van der Waals surface area contributed by atoms with Crippen LogP contribution in [0.1, 0.15) is 15.9 Å². The summed E-state index contributed by atoms with van der Waals surface area (Å²) in [5.41, 5.74) is 9.51. The largest absolute Gasteiger partial charge is 0.465 e. The third kappa shape index (κ3) is 5.44. The van der Waals surface area contributed by atoms with Gasteiger partial charge in [-0.2, -0.15) is 0 Å². The fourth-order valence-electron chi connectivity index (χ4n) is 3.48. The van der Waals surface area contributed by atoms with Gasteiger partial charge in [-0.25, -0.2) is 13.2 Å². The second-order valence-electron chi connectivity index (χ2n) is 7.83. The number of ether oxygens (including phenoxy) is 2. The standard InChI is InChI=1S/C27H24N2O5S/c1-18-8-12-22(13-9-18)35(31,32)29-26-15-11-21(17-24(26)27(30)33-2)34-20-10-14-25(28)23(16-20)19-6-4-3-5-7-19/h3-17,29H,28H2,1-2H3. The van der Waals surface area contributed by atoms with Crippen molar-refractivity contribution < 1.29 is 22.7 Å². The van der Waals surface area contributed by atoms with Crippen molar-refractivity contribution in [2.24, 2.45) is 0 Å². The van der Waals surface area contributed by atoms with Crippen LogP contribution in [0.3, 0.4) is 0 Å². The van der Waals surface area contributed by atoms with Crippen LogP contribution >= 0.6 is 0 Å². The van der Waals surface area contributed by atoms with Crippen molar-refractivity contribution in [2.45, 2.75) is 11.8 Å². The Balaban J connectivity index is 1.65. The highest BCUT2D eigenvalue weighted by molar-refractivity contribution is 7.92. The van der Waals surface area contributed by atoms with Crippen LogP contribution in [0.25, 0.3) is 11.1 Å². The molecular formula is C27H24N2O5S. The zero-order valence-corrected chi connectivity index (χ0v) is 20.0. The Morgan fingerprint density at radius 3 is 2.20 bits per heavy atom. The Bertz CT molecular complexity index is 1470. The number of esters is 1. The molecule has 0 aromatic heterocycles. The molecule has 8 heteroatoms. The van der Waals surface area contributed by atoms with E-state index in [0.717, 1.165) is 16.7 Å². The normalized spacial score (nSPS) is 11.0. The van der Waals surface area contributed by atoms with Gasteiger partial charge in [0.25, 0.3) is 10.0 Å². The summed E-state index contributed by atoms with van der Waals surface area (Å²) in [4.78, 5) is 12.5. The molecule has 0 fully saturated rings. The maximum absolute atomic E-state index is 12.8. The lowest BCUT2D eigenvalue weighted by atomic mass is 10.0. The van der Waals surface area contributed by atoms with E-state index in [0.29, 0.717) is 17.2 Å². The van der Waals surface area contributed by atoms with Crippen LogP contribution in [-0.2, 0) is 14.8 Å². The summed E-state index contributed by atoms with van der Waals surface area (Å²) in [6.07, 6.45) is 0. The molecule has 0 spiro atoms. The molecule has 0 atom stereocenters. The van der Waals surface area contributed by atoms with E-state index < -0.39 is 16.0 Å². The molecule has 0 bridgehead atoms. The van der Waals surface area contributed by atoms with Crippen molar-refractivity contribution in [3.63, 3.8) is 0 Å². The van der Waals surface area contributed by atoms with Gasteiger partial charge in [0.15, 0.2) is 0 Å². The van der Waals surface area contributed by atoms with Crippen molar-refractivity contribution in [3.05, 3.63) is 102 Å². The quantitative estimate of drug-likeness (QED) is 0.258. The van der Waals surface area contributed by atoms with Crippen LogP contribution in [0.5, 0.6) is 11.5 Å². The molecule has 3 N–H and O–H groups in total. The summed E-state index contributed by atoms with van der Waals surface area (Å²) < 4.78 is 39.0. The number of methoxy groups -OCH3 is 1. The second-order valence-corrected chi connectivity index (χ2v) is 9.52. The number of nitrogens with one attached hydrogen (secondary N) is 1. The molecule has 4 aromatic rings. The molecule has 4 rings (SSSR count). The lowest BCUT2D eigenvalue weighted by Gasteiger charge is -2.14. The predicted molar refractivity (Wildman–Crippen MR) is 136 cm³/mol. The fourth-order valence-corrected chi connectivity index (χ4v) is 4.56. The third-order valence-electron chi connectivity index (χ3n) is 5.32. The first kappa shape index (κ1) is 23.8. The highest BCUT2D eigenvalue weighted by Gasteiger charge is 2.20. The van der Waals surface area contributed by atoms with E-state index in [2.05, 4.69) is 4.72 Å². The Morgan fingerprint density at radius 1 is 0.857 bits per heavy atom. The third-order valence-corrected chi connectivity index (χ3v) is 6.70. The SMILES string of the molecule is COC(=O)c1cc(Oc2ccc(N)c(-c3ccccc3)c2)ccc1NS(=O)(=O)c1ccc(C)cc1. The molecule has 0 amide bonds. The highest BCUT2D eigenvalue weighted by atomic mass is 32.2. The zero-order valence-electron chi connectivity index (χ0n) is 19.2. The minimum atomic E-state index is -3.92. The van der Waals surface area contributed by atoms with E-state index in [1.54, 1.807) is 36.4 Å². The predicted octanol–water partition coefficient (Wildman–Crippen LogP) is 5.62. The number of carbonyl (C=O) groups excluding carboxylic acids is 1. The van der Waals surface area contributed by atoms with Crippen molar-refractivity contribution in [3.8, 4) is 22.6 Å². The Morgan fingerprint density at radius 2 is 1.51 bits per heavy atom. The molecule has 0 unspecified atom stereocenters. The molecule has 0 radical (unpaired) electrons. The average Bonchev–Trinajstić information content (AvgIpc) is 2.86. The number of rotatable bonds is 7. The van der Waals surface area contributed by atoms with Crippen LogP contribution in [0.2, 0.25) is 0 Å². The van der Waals surface area contributed by atoms with Gasteiger partial charge in [-0.15, -0.1) is 0 Å². The van der Waals surface area contributed by atoms with Gasteiger partial charge in [0.05, 0.1) is 23.3 Å². The van der Waals surface area contributed by atoms with Crippen LogP contribution < -0.4 is 15.2 Å². The summed E-state index contributed by atoms with van der Waals surface area (Å²) in [6, 6.07) is 25.7. The van der Waals surface area contributed by atoms with Crippen LogP contribution in [0.4, 0.5) is 11.4 Å². The van der Waals surface area contributed by atoms with Crippen molar-refractivity contribution in [1.82, 2.24) is 0 Å². The minimum Gasteiger partial charge on any atom is -0.465 e. The first-order valence-corrected chi connectivity index (χ1v) is 12.2. The first-order chi connectivity index (χ1) is 16.8. The number of hydrogen-bond donors (Lipinski definition) is 2. The molecule has 0 saturated heterocycles. The summed E-state index contributed by atoms with van der Waals surface area (Å²) in [6.45, 7) is 1.86. The number of benzene rings is 4. The molecule has 178 valence electrons. The van der Waals surface area contributed by atoms with Crippen LogP contribution in [0.15, 0.2) is 95.9 Å². The zero-order chi connectivity index (χ0) is 25.0. The van der Waals surface area contributed by atoms with E-state index in [9.17, 15) is 13.2 Å². The van der Waals surface area contributed by atoms with E-state index in [4.69, 9.17) is 15.2 Å². The van der Waals surface area contributed by atoms with Gasteiger partial charge in [0.1, 0.15) is 11.5 Å². The number of nitrogen functional groups attached to an aromatic ring is 1. The molecule has 35 heavy (non-hydrogen) atoms. The minimum absolute atomic E-state index is 0.0133. The van der Waals surface area contributed by atoms with Crippen molar-refractivity contribution in [1.29, 1.82) is 0 Å². The summed E-state index contributed by atoms with van der Waals surface area (Å²) in [5, 5.41) is 0. The lowest BCUT2D eigenvalue weighted by molar-refractivity contribution is 0.0601. The second kappa shape index (κ2) is 9.90. The molecule has 0 aliphatic heterocycles. The summed E-state index contributed by atoms with van der Waals surface area (Å²) in [5.74, 6) is 0.119. The maximum atomic E-state index is 12.8. The topological polar surface area (TPSA) is 108 Å². The first-order valence-electron chi connectivity index (χ1n) is 10.7. The Hall–Kier alpha value is -4.30. The highest BCUT2D eigenvalue weighted by Crippen LogP contribution is 2.33. The molecular weight excluding hydrogens is 464 g/mol. The van der Waals surface area contributed by atoms with Gasteiger partial charge in [-0.3, -0.25) is 4.72 Å². The monoisotopic (exact) mass is 488 g/mol. The Kier molecular flexibility index (Phi) is 6.75. The molecule has 4 aromatic carbocycles. The number of anilines is 2. The molecule has 0 aliphatic carbocycles. The van der Waals surface area contributed by atoms with Gasteiger partial charge in [0.2, 0.25) is 0 Å². The van der Waals surface area contributed by atoms with Crippen LogP contribution in [0, 0.1) is 6.92 Å². The number of aryl methyl sites for hydroxylation is 1. The number of hydrogen-bond acceptors (Lipinski definition) is 6. The van der Waals surface area contributed by atoms with E-state index in [1.165, 1.54) is 31.4 Å². The molecule has 0 aliphatic rings. The smallest absolute Gasteiger partial charge is 0.340 e. The van der Waals surface area contributed by atoms with Gasteiger partial charge in [-0.05, 0) is 61.0 Å². The van der Waals surface area contributed by atoms with E-state index in [-0.39, 0.29) is 16.1 Å². The van der Waals surface area contributed by atoms with Crippen molar-refractivity contribution in [2.75, 3.05) is 17.6 Å². The fraction of sp³-hybridized carbons (Fsp3) is 0.0741. The van der Waals surface area contributed by atoms with Gasteiger partial charge < -0.3 is 15.2 Å². The van der Waals surface area contributed by atoms with Gasteiger partial charge in [0, 0.05) is 11.3 Å². The Labute approximate surface area is 204 Å². The number of carbonyl (C=O) groups is 1. The molecule has 0 saturated carbocycles. The average molecular weight is 489 g/mol. The lowest BCUT2D eigenvalue weighted by Crippen LogP contribution is -2.16. The van der Waals surface area contributed by atoms with Crippen molar-refractivity contribution >= 4 is 27.4 Å². The van der Waals surface area contributed by atoms with Gasteiger partial charge in [-0.1, -0.05) is 48.0 Å². The molecule has 0 heterocycles. The van der Waals surface area contributed by atoms with Gasteiger partial charge >= 0.3 is 5.97 Å².